The molecule has 0 unspecified atom stereocenters. The summed E-state index contributed by atoms with van der Waals surface area (Å²) in [5, 5.41) is 2.93. The van der Waals surface area contributed by atoms with Gasteiger partial charge >= 0.3 is 0 Å². The van der Waals surface area contributed by atoms with Crippen LogP contribution in [0.5, 0.6) is 5.75 Å². The Bertz CT molecular complexity index is 1670. The number of benzene rings is 4. The largest absolute Gasteiger partial charge is 0.495 e. The Morgan fingerprint density at radius 2 is 1.56 bits per heavy atom. The number of rotatable bonds is 12. The minimum absolute atomic E-state index is 0.0181. The van der Waals surface area contributed by atoms with Crippen molar-refractivity contribution >= 4 is 55.1 Å². The predicted octanol–water partition coefficient (Wildman–Crippen LogP) is 5.69. The highest BCUT2D eigenvalue weighted by atomic mass is 79.9. The minimum atomic E-state index is -4.28. The molecule has 11 heteroatoms. The van der Waals surface area contributed by atoms with Gasteiger partial charge in [-0.1, -0.05) is 88.2 Å². The van der Waals surface area contributed by atoms with Gasteiger partial charge in [0.1, 0.15) is 18.3 Å². The second kappa shape index (κ2) is 14.5. The van der Waals surface area contributed by atoms with Crippen LogP contribution in [-0.4, -0.2) is 51.9 Å². The molecule has 2 amide bonds. The highest BCUT2D eigenvalue weighted by molar-refractivity contribution is 9.10. The molecule has 0 bridgehead atoms. The Balaban J connectivity index is 1.83. The molecule has 4 aromatic carbocycles. The lowest BCUT2D eigenvalue weighted by molar-refractivity contribution is -0.139. The summed E-state index contributed by atoms with van der Waals surface area (Å²) >= 11 is 9.78. The fourth-order valence-electron chi connectivity index (χ4n) is 4.64. The number of nitrogens with one attached hydrogen (secondary N) is 1. The van der Waals surface area contributed by atoms with Crippen LogP contribution in [0.15, 0.2) is 112 Å². The van der Waals surface area contributed by atoms with Crippen LogP contribution in [0.25, 0.3) is 0 Å². The molecule has 0 aliphatic rings. The van der Waals surface area contributed by atoms with Crippen molar-refractivity contribution in [2.75, 3.05) is 25.0 Å². The van der Waals surface area contributed by atoms with Gasteiger partial charge in [0.15, 0.2) is 0 Å². The van der Waals surface area contributed by atoms with Gasteiger partial charge < -0.3 is 15.0 Å². The van der Waals surface area contributed by atoms with Crippen molar-refractivity contribution in [2.45, 2.75) is 23.9 Å². The van der Waals surface area contributed by atoms with Gasteiger partial charge in [-0.3, -0.25) is 13.9 Å². The third kappa shape index (κ3) is 7.95. The molecule has 8 nitrogen and oxygen atoms in total. The average molecular weight is 685 g/mol. The summed E-state index contributed by atoms with van der Waals surface area (Å²) in [4.78, 5) is 29.1. The highest BCUT2D eigenvalue weighted by Crippen LogP contribution is 2.35. The zero-order valence-electron chi connectivity index (χ0n) is 23.6. The van der Waals surface area contributed by atoms with E-state index in [2.05, 4.69) is 21.2 Å². The maximum Gasteiger partial charge on any atom is 0.264 e. The first kappa shape index (κ1) is 32.1. The van der Waals surface area contributed by atoms with Crippen LogP contribution in [0.1, 0.15) is 11.1 Å². The van der Waals surface area contributed by atoms with Crippen molar-refractivity contribution in [3.05, 3.63) is 124 Å². The first-order valence-corrected chi connectivity index (χ1v) is 16.0. The summed E-state index contributed by atoms with van der Waals surface area (Å²) in [5.41, 5.74) is 1.69. The van der Waals surface area contributed by atoms with Crippen molar-refractivity contribution in [2.24, 2.45) is 0 Å². The molecule has 4 aromatic rings. The molecule has 0 heterocycles. The summed E-state index contributed by atoms with van der Waals surface area (Å²) in [7, 11) is -1.37. The molecular formula is C32H31BrClN3O5S. The first-order valence-electron chi connectivity index (χ1n) is 13.3. The van der Waals surface area contributed by atoms with E-state index in [0.29, 0.717) is 0 Å². The van der Waals surface area contributed by atoms with Crippen LogP contribution in [-0.2, 0) is 32.6 Å². The number of hydrogen-bond donors (Lipinski definition) is 1. The van der Waals surface area contributed by atoms with E-state index in [-0.39, 0.29) is 40.2 Å². The van der Waals surface area contributed by atoms with Crippen LogP contribution in [0.2, 0.25) is 5.02 Å². The number of carbonyl (C=O) groups is 2. The van der Waals surface area contributed by atoms with E-state index in [1.54, 1.807) is 24.3 Å². The average Bonchev–Trinajstić information content (AvgIpc) is 3.02. The quantitative estimate of drug-likeness (QED) is 0.207. The van der Waals surface area contributed by atoms with Crippen LogP contribution >= 0.6 is 27.5 Å². The van der Waals surface area contributed by atoms with Crippen LogP contribution in [0.3, 0.4) is 0 Å². The Morgan fingerprint density at radius 1 is 0.907 bits per heavy atom. The smallest absolute Gasteiger partial charge is 0.264 e. The van der Waals surface area contributed by atoms with E-state index in [0.717, 1.165) is 19.9 Å². The molecule has 0 radical (unpaired) electrons. The lowest BCUT2D eigenvalue weighted by Crippen LogP contribution is -2.53. The SMILES string of the molecule is CNC(=O)[C@H](Cc1ccccc1)N(Cc1cccc(Br)c1)C(=O)CN(c1cc(Cl)ccc1OC)S(=O)(=O)c1ccccc1. The highest BCUT2D eigenvalue weighted by Gasteiger charge is 2.35. The zero-order valence-corrected chi connectivity index (χ0v) is 26.8. The molecule has 43 heavy (non-hydrogen) atoms. The number of sulfonamides is 1. The molecule has 0 aliphatic heterocycles. The molecule has 0 spiro atoms. The lowest BCUT2D eigenvalue weighted by atomic mass is 10.0. The molecule has 0 aromatic heterocycles. The van der Waals surface area contributed by atoms with Crippen molar-refractivity contribution in [1.29, 1.82) is 0 Å². The summed E-state index contributed by atoms with van der Waals surface area (Å²) in [6.07, 6.45) is 0.214. The molecule has 0 aliphatic carbocycles. The van der Waals surface area contributed by atoms with Crippen molar-refractivity contribution < 1.29 is 22.7 Å². The van der Waals surface area contributed by atoms with Gasteiger partial charge in [-0.05, 0) is 53.6 Å². The van der Waals surface area contributed by atoms with Gasteiger partial charge in [0.2, 0.25) is 11.8 Å². The van der Waals surface area contributed by atoms with Crippen molar-refractivity contribution in [3.8, 4) is 5.75 Å². The van der Waals surface area contributed by atoms with Crippen LogP contribution < -0.4 is 14.4 Å². The Kier molecular flexibility index (Phi) is 10.8. The van der Waals surface area contributed by atoms with E-state index in [4.69, 9.17) is 16.3 Å². The Hall–Kier alpha value is -3.86. The number of likely N-dealkylation sites (N-methyl/N-ethyl adjacent to an activating group) is 1. The molecule has 4 rings (SSSR count). The van der Waals surface area contributed by atoms with Gasteiger partial charge in [0, 0.05) is 29.5 Å². The number of amides is 2. The van der Waals surface area contributed by atoms with E-state index in [1.807, 2.05) is 54.6 Å². The Labute approximate surface area is 265 Å². The standard InChI is InChI=1S/C32H31BrClN3O5S/c1-35-32(39)29(19-23-10-5-3-6-11-23)36(21-24-12-9-13-25(33)18-24)31(38)22-37(28-20-26(34)16-17-30(28)42-2)43(40,41)27-14-7-4-8-15-27/h3-18,20,29H,19,21-22H2,1-2H3,(H,35,39)/t29-/m0/s1. The third-order valence-corrected chi connectivity index (χ3v) is 9.28. The topological polar surface area (TPSA) is 96.0 Å². The fraction of sp³-hybridized carbons (Fsp3) is 0.188. The zero-order chi connectivity index (χ0) is 31.0. The second-order valence-electron chi connectivity index (χ2n) is 9.61. The molecule has 0 fully saturated rings. The number of hydrogen-bond acceptors (Lipinski definition) is 5. The predicted molar refractivity (Wildman–Crippen MR) is 172 cm³/mol. The van der Waals surface area contributed by atoms with Gasteiger partial charge in [0.25, 0.3) is 10.0 Å². The molecule has 224 valence electrons. The molecule has 0 saturated carbocycles. The summed E-state index contributed by atoms with van der Waals surface area (Å²) in [5.74, 6) is -0.765. The normalized spacial score (nSPS) is 11.8. The number of nitrogens with zero attached hydrogens (tertiary/aromatic N) is 2. The van der Waals surface area contributed by atoms with Crippen molar-refractivity contribution in [1.82, 2.24) is 10.2 Å². The van der Waals surface area contributed by atoms with Crippen LogP contribution in [0, 0.1) is 0 Å². The van der Waals surface area contributed by atoms with Crippen molar-refractivity contribution in [3.63, 3.8) is 0 Å². The lowest BCUT2D eigenvalue weighted by Gasteiger charge is -2.34. The van der Waals surface area contributed by atoms with E-state index in [1.165, 1.54) is 43.3 Å². The molecule has 1 N–H and O–H groups in total. The fourth-order valence-corrected chi connectivity index (χ4v) is 6.69. The monoisotopic (exact) mass is 683 g/mol. The first-order chi connectivity index (χ1) is 20.6. The van der Waals surface area contributed by atoms with Crippen LogP contribution in [0.4, 0.5) is 5.69 Å². The maximum atomic E-state index is 14.4. The van der Waals surface area contributed by atoms with Gasteiger partial charge in [-0.2, -0.15) is 0 Å². The van der Waals surface area contributed by atoms with E-state index >= 15 is 0 Å². The van der Waals surface area contributed by atoms with E-state index in [9.17, 15) is 18.0 Å². The third-order valence-electron chi connectivity index (χ3n) is 6.78. The number of carbonyl (C=O) groups excluding carboxylic acids is 2. The molecule has 0 saturated heterocycles. The summed E-state index contributed by atoms with van der Waals surface area (Å²) in [6, 6.07) is 28.1. The number of halogens is 2. The number of anilines is 1. The number of ether oxygens (including phenoxy) is 1. The number of methoxy groups -OCH3 is 1. The van der Waals surface area contributed by atoms with Gasteiger partial charge in [0.05, 0.1) is 17.7 Å². The van der Waals surface area contributed by atoms with Gasteiger partial charge in [-0.25, -0.2) is 8.42 Å². The molecule has 1 atom stereocenters. The summed E-state index contributed by atoms with van der Waals surface area (Å²) in [6.45, 7) is -0.570. The maximum absolute atomic E-state index is 14.4. The Morgan fingerprint density at radius 3 is 2.19 bits per heavy atom. The summed E-state index contributed by atoms with van der Waals surface area (Å²) < 4.78 is 35.5. The van der Waals surface area contributed by atoms with Gasteiger partial charge in [-0.15, -0.1) is 0 Å². The second-order valence-corrected chi connectivity index (χ2v) is 12.8. The molecular weight excluding hydrogens is 654 g/mol. The van der Waals surface area contributed by atoms with E-state index < -0.39 is 28.5 Å². The minimum Gasteiger partial charge on any atom is -0.495 e.